The lowest BCUT2D eigenvalue weighted by atomic mass is 10.0. The molecular weight excluding hydrogens is 343 g/mol. The highest BCUT2D eigenvalue weighted by Gasteiger charge is 2.11. The van der Waals surface area contributed by atoms with Gasteiger partial charge >= 0.3 is 5.97 Å². The highest BCUT2D eigenvalue weighted by atomic mass is 19.1. The number of carbonyl (C=O) groups excluding carboxylic acids is 1. The SMILES string of the molecule is Cc1cc(/C=C/c2cccc(C(=O)Oc3ccccc3F)c2)cc(C)c1O. The first kappa shape index (κ1) is 18.4. The van der Waals surface area contributed by atoms with Crippen LogP contribution in [0.2, 0.25) is 0 Å². The van der Waals surface area contributed by atoms with Crippen LogP contribution >= 0.6 is 0 Å². The summed E-state index contributed by atoms with van der Waals surface area (Å²) in [6.45, 7) is 3.69. The van der Waals surface area contributed by atoms with Gasteiger partial charge < -0.3 is 9.84 Å². The van der Waals surface area contributed by atoms with Crippen LogP contribution in [-0.2, 0) is 0 Å². The first-order valence-corrected chi connectivity index (χ1v) is 8.49. The maximum absolute atomic E-state index is 13.6. The number of hydrogen-bond acceptors (Lipinski definition) is 3. The molecule has 136 valence electrons. The number of aromatic hydroxyl groups is 1. The molecule has 0 bridgehead atoms. The maximum atomic E-state index is 13.6. The van der Waals surface area contributed by atoms with Crippen LogP contribution in [0.25, 0.3) is 12.2 Å². The van der Waals surface area contributed by atoms with E-state index in [0.717, 1.165) is 22.3 Å². The van der Waals surface area contributed by atoms with Gasteiger partial charge in [0, 0.05) is 0 Å². The van der Waals surface area contributed by atoms with E-state index in [-0.39, 0.29) is 5.75 Å². The molecule has 0 aliphatic rings. The van der Waals surface area contributed by atoms with E-state index < -0.39 is 11.8 Å². The Bertz CT molecular complexity index is 999. The predicted octanol–water partition coefficient (Wildman–Crippen LogP) is 5.54. The lowest BCUT2D eigenvalue weighted by molar-refractivity contribution is 0.0728. The van der Waals surface area contributed by atoms with E-state index in [1.54, 1.807) is 24.3 Å². The van der Waals surface area contributed by atoms with E-state index in [1.165, 1.54) is 18.2 Å². The van der Waals surface area contributed by atoms with Gasteiger partial charge in [-0.25, -0.2) is 9.18 Å². The summed E-state index contributed by atoms with van der Waals surface area (Å²) in [5.74, 6) is -1.00. The zero-order valence-corrected chi connectivity index (χ0v) is 15.1. The van der Waals surface area contributed by atoms with Gasteiger partial charge in [-0.2, -0.15) is 0 Å². The van der Waals surface area contributed by atoms with Crippen LogP contribution in [0.4, 0.5) is 4.39 Å². The third-order valence-electron chi connectivity index (χ3n) is 4.14. The smallest absolute Gasteiger partial charge is 0.343 e. The molecule has 3 aromatic carbocycles. The number of benzene rings is 3. The number of halogens is 1. The van der Waals surface area contributed by atoms with E-state index in [4.69, 9.17) is 4.74 Å². The van der Waals surface area contributed by atoms with Crippen molar-refractivity contribution >= 4 is 18.1 Å². The van der Waals surface area contributed by atoms with Crippen molar-refractivity contribution in [1.29, 1.82) is 0 Å². The molecule has 0 radical (unpaired) electrons. The normalized spacial score (nSPS) is 10.9. The van der Waals surface area contributed by atoms with Crippen molar-refractivity contribution in [3.63, 3.8) is 0 Å². The third-order valence-corrected chi connectivity index (χ3v) is 4.14. The summed E-state index contributed by atoms with van der Waals surface area (Å²) in [6, 6.07) is 16.5. The lowest BCUT2D eigenvalue weighted by Gasteiger charge is -2.06. The molecule has 0 aliphatic carbocycles. The Hall–Kier alpha value is -3.40. The van der Waals surface area contributed by atoms with Gasteiger partial charge in [-0.05, 0) is 72.5 Å². The quantitative estimate of drug-likeness (QED) is 0.377. The van der Waals surface area contributed by atoms with Gasteiger partial charge in [0.15, 0.2) is 11.6 Å². The summed E-state index contributed by atoms with van der Waals surface area (Å²) < 4.78 is 18.8. The summed E-state index contributed by atoms with van der Waals surface area (Å²) in [5, 5.41) is 9.85. The van der Waals surface area contributed by atoms with Crippen molar-refractivity contribution in [3.8, 4) is 11.5 Å². The second-order valence-electron chi connectivity index (χ2n) is 6.28. The van der Waals surface area contributed by atoms with Gasteiger partial charge in [-0.1, -0.05) is 36.4 Å². The molecule has 3 rings (SSSR count). The number of phenolic OH excluding ortho intramolecular Hbond substituents is 1. The third kappa shape index (κ3) is 4.42. The average molecular weight is 362 g/mol. The minimum Gasteiger partial charge on any atom is -0.507 e. The molecule has 1 N–H and O–H groups in total. The maximum Gasteiger partial charge on any atom is 0.343 e. The van der Waals surface area contributed by atoms with Crippen LogP contribution in [0.15, 0.2) is 60.7 Å². The molecule has 0 aromatic heterocycles. The molecule has 0 saturated heterocycles. The van der Waals surface area contributed by atoms with Crippen LogP contribution < -0.4 is 4.74 Å². The second kappa shape index (κ2) is 7.87. The van der Waals surface area contributed by atoms with Gasteiger partial charge in [0.25, 0.3) is 0 Å². The van der Waals surface area contributed by atoms with Gasteiger partial charge in [0.05, 0.1) is 5.56 Å². The van der Waals surface area contributed by atoms with Crippen molar-refractivity contribution in [2.24, 2.45) is 0 Å². The van der Waals surface area contributed by atoms with Gasteiger partial charge in [0.1, 0.15) is 5.75 Å². The molecule has 3 nitrogen and oxygen atoms in total. The summed E-state index contributed by atoms with van der Waals surface area (Å²) in [4.78, 5) is 12.3. The van der Waals surface area contributed by atoms with E-state index in [0.29, 0.717) is 11.3 Å². The van der Waals surface area contributed by atoms with E-state index in [9.17, 15) is 14.3 Å². The molecule has 3 aromatic rings. The fourth-order valence-electron chi connectivity index (χ4n) is 2.73. The van der Waals surface area contributed by atoms with Crippen molar-refractivity contribution in [2.75, 3.05) is 0 Å². The zero-order valence-electron chi connectivity index (χ0n) is 15.1. The first-order valence-electron chi connectivity index (χ1n) is 8.49. The fourth-order valence-corrected chi connectivity index (χ4v) is 2.73. The Balaban J connectivity index is 1.79. The highest BCUT2D eigenvalue weighted by Crippen LogP contribution is 2.24. The summed E-state index contributed by atoms with van der Waals surface area (Å²) in [5.41, 5.74) is 3.69. The number of ether oxygens (including phenoxy) is 1. The number of para-hydroxylation sites is 1. The number of hydrogen-bond donors (Lipinski definition) is 1. The summed E-state index contributed by atoms with van der Waals surface area (Å²) in [7, 11) is 0. The average Bonchev–Trinajstić information content (AvgIpc) is 2.66. The molecule has 0 fully saturated rings. The van der Waals surface area contributed by atoms with Crippen LogP contribution in [-0.4, -0.2) is 11.1 Å². The number of phenols is 1. The minimum absolute atomic E-state index is 0.0986. The molecule has 0 amide bonds. The number of carbonyl (C=O) groups is 1. The zero-order chi connectivity index (χ0) is 19.4. The van der Waals surface area contributed by atoms with Gasteiger partial charge in [0.2, 0.25) is 0 Å². The largest absolute Gasteiger partial charge is 0.507 e. The second-order valence-corrected chi connectivity index (χ2v) is 6.28. The van der Waals surface area contributed by atoms with Gasteiger partial charge in [-0.15, -0.1) is 0 Å². The van der Waals surface area contributed by atoms with E-state index in [1.807, 2.05) is 44.2 Å². The molecular formula is C23H19FO3. The Kier molecular flexibility index (Phi) is 5.36. The van der Waals surface area contributed by atoms with Crippen LogP contribution in [0.3, 0.4) is 0 Å². The van der Waals surface area contributed by atoms with E-state index in [2.05, 4.69) is 0 Å². The Morgan fingerprint density at radius 2 is 1.59 bits per heavy atom. The minimum atomic E-state index is -0.619. The van der Waals surface area contributed by atoms with Crippen molar-refractivity contribution in [3.05, 3.63) is 94.3 Å². The monoisotopic (exact) mass is 362 g/mol. The Morgan fingerprint density at radius 1 is 0.926 bits per heavy atom. The molecule has 0 spiro atoms. The van der Waals surface area contributed by atoms with Crippen LogP contribution in [0.1, 0.15) is 32.6 Å². The first-order chi connectivity index (χ1) is 12.9. The molecule has 0 heterocycles. The predicted molar refractivity (Wildman–Crippen MR) is 104 cm³/mol. The van der Waals surface area contributed by atoms with Crippen molar-refractivity contribution < 1.29 is 19.0 Å². The van der Waals surface area contributed by atoms with Crippen LogP contribution in [0, 0.1) is 19.7 Å². The van der Waals surface area contributed by atoms with Crippen molar-refractivity contribution in [1.82, 2.24) is 0 Å². The standard InChI is InChI=1S/C23H19FO3/c1-15-12-18(13-16(2)22(15)25)11-10-17-6-5-7-19(14-17)23(26)27-21-9-4-3-8-20(21)24/h3-14,25H,1-2H3/b11-10+. The summed E-state index contributed by atoms with van der Waals surface area (Å²) in [6.07, 6.45) is 3.77. The van der Waals surface area contributed by atoms with Gasteiger partial charge in [-0.3, -0.25) is 0 Å². The molecule has 0 aliphatic heterocycles. The molecule has 0 saturated carbocycles. The molecule has 27 heavy (non-hydrogen) atoms. The Labute approximate surface area is 157 Å². The molecule has 0 unspecified atom stereocenters. The Morgan fingerprint density at radius 3 is 2.30 bits per heavy atom. The topological polar surface area (TPSA) is 46.5 Å². The molecule has 4 heteroatoms. The van der Waals surface area contributed by atoms with E-state index >= 15 is 0 Å². The summed E-state index contributed by atoms with van der Waals surface area (Å²) >= 11 is 0. The fraction of sp³-hybridized carbons (Fsp3) is 0.0870. The van der Waals surface area contributed by atoms with Crippen LogP contribution in [0.5, 0.6) is 11.5 Å². The molecule has 0 atom stereocenters. The number of esters is 1. The lowest BCUT2D eigenvalue weighted by Crippen LogP contribution is -2.09. The number of aryl methyl sites for hydroxylation is 2. The highest BCUT2D eigenvalue weighted by molar-refractivity contribution is 5.92. The van der Waals surface area contributed by atoms with Crippen molar-refractivity contribution in [2.45, 2.75) is 13.8 Å². The number of rotatable bonds is 4.